The highest BCUT2D eigenvalue weighted by atomic mass is 16.5. The summed E-state index contributed by atoms with van der Waals surface area (Å²) >= 11 is 0. The van der Waals surface area contributed by atoms with Gasteiger partial charge in [0.1, 0.15) is 0 Å². The zero-order chi connectivity index (χ0) is 15.0. The molecule has 0 aliphatic carbocycles. The number of nitrogens with zero attached hydrogens (tertiary/aromatic N) is 1. The van der Waals surface area contributed by atoms with E-state index in [2.05, 4.69) is 10.3 Å². The molecule has 0 aliphatic rings. The number of hydrogen-bond acceptors (Lipinski definition) is 4. The zero-order valence-corrected chi connectivity index (χ0v) is 12.6. The van der Waals surface area contributed by atoms with E-state index in [4.69, 9.17) is 10.5 Å². The average Bonchev–Trinajstić information content (AvgIpc) is 2.43. The molecule has 1 heterocycles. The van der Waals surface area contributed by atoms with E-state index in [1.807, 2.05) is 32.9 Å². The standard InChI is InChI=1S/C15H25N3O2/c1-4-12(9-16)8-14(19)18-10-13-6-5-7-17-15(13)20-11(2)3/h5-7,11-12H,4,8-10,16H2,1-3H3,(H,18,19). The van der Waals surface area contributed by atoms with E-state index < -0.39 is 0 Å². The molecule has 1 atom stereocenters. The summed E-state index contributed by atoms with van der Waals surface area (Å²) in [6.07, 6.45) is 3.12. The Bertz CT molecular complexity index is 417. The third-order valence-corrected chi connectivity index (χ3v) is 3.06. The van der Waals surface area contributed by atoms with Gasteiger partial charge in [0, 0.05) is 24.7 Å². The first-order valence-corrected chi connectivity index (χ1v) is 7.14. The topological polar surface area (TPSA) is 77.2 Å². The maximum Gasteiger partial charge on any atom is 0.220 e. The molecule has 0 aromatic carbocycles. The first-order valence-electron chi connectivity index (χ1n) is 7.14. The van der Waals surface area contributed by atoms with Gasteiger partial charge < -0.3 is 15.8 Å². The molecule has 0 aliphatic heterocycles. The summed E-state index contributed by atoms with van der Waals surface area (Å²) in [5, 5.41) is 2.90. The summed E-state index contributed by atoms with van der Waals surface area (Å²) in [5.41, 5.74) is 6.49. The highest BCUT2D eigenvalue weighted by Crippen LogP contribution is 2.15. The minimum Gasteiger partial charge on any atom is -0.475 e. The van der Waals surface area contributed by atoms with E-state index in [1.165, 1.54) is 0 Å². The van der Waals surface area contributed by atoms with Crippen LogP contribution < -0.4 is 15.8 Å². The number of rotatable bonds is 8. The van der Waals surface area contributed by atoms with Gasteiger partial charge in [-0.05, 0) is 32.4 Å². The summed E-state index contributed by atoms with van der Waals surface area (Å²) in [4.78, 5) is 16.0. The molecule has 3 N–H and O–H groups in total. The molecule has 5 nitrogen and oxygen atoms in total. The molecule has 0 saturated carbocycles. The van der Waals surface area contributed by atoms with Gasteiger partial charge in [-0.25, -0.2) is 4.98 Å². The number of hydrogen-bond donors (Lipinski definition) is 2. The van der Waals surface area contributed by atoms with E-state index in [0.29, 0.717) is 25.4 Å². The molecule has 20 heavy (non-hydrogen) atoms. The first-order chi connectivity index (χ1) is 9.56. The van der Waals surface area contributed by atoms with E-state index in [0.717, 1.165) is 12.0 Å². The third-order valence-electron chi connectivity index (χ3n) is 3.06. The van der Waals surface area contributed by atoms with Crippen LogP contribution in [-0.4, -0.2) is 23.5 Å². The number of ether oxygens (including phenoxy) is 1. The van der Waals surface area contributed by atoms with Crippen LogP contribution in [0.1, 0.15) is 39.2 Å². The van der Waals surface area contributed by atoms with Crippen LogP contribution in [0.3, 0.4) is 0 Å². The quantitative estimate of drug-likeness (QED) is 0.761. The Hall–Kier alpha value is -1.62. The SMILES string of the molecule is CCC(CN)CC(=O)NCc1cccnc1OC(C)C. The number of pyridine rings is 1. The van der Waals surface area contributed by atoms with Crippen LogP contribution in [0.25, 0.3) is 0 Å². The van der Waals surface area contributed by atoms with Gasteiger partial charge in [-0.2, -0.15) is 0 Å². The van der Waals surface area contributed by atoms with Crippen LogP contribution in [-0.2, 0) is 11.3 Å². The van der Waals surface area contributed by atoms with E-state index in [-0.39, 0.29) is 17.9 Å². The van der Waals surface area contributed by atoms with Gasteiger partial charge in [-0.1, -0.05) is 19.4 Å². The van der Waals surface area contributed by atoms with Crippen molar-refractivity contribution in [3.63, 3.8) is 0 Å². The lowest BCUT2D eigenvalue weighted by Gasteiger charge is -2.14. The van der Waals surface area contributed by atoms with Crippen LogP contribution >= 0.6 is 0 Å². The molecule has 0 spiro atoms. The van der Waals surface area contributed by atoms with E-state index >= 15 is 0 Å². The second-order valence-electron chi connectivity index (χ2n) is 5.13. The Morgan fingerprint density at radius 1 is 1.50 bits per heavy atom. The van der Waals surface area contributed by atoms with E-state index in [9.17, 15) is 4.79 Å². The Morgan fingerprint density at radius 2 is 2.25 bits per heavy atom. The maximum atomic E-state index is 11.9. The molecule has 112 valence electrons. The Labute approximate surface area is 120 Å². The van der Waals surface area contributed by atoms with Gasteiger partial charge in [-0.15, -0.1) is 0 Å². The summed E-state index contributed by atoms with van der Waals surface area (Å²) in [6, 6.07) is 3.74. The molecule has 0 bridgehead atoms. The molecule has 0 radical (unpaired) electrons. The highest BCUT2D eigenvalue weighted by molar-refractivity contribution is 5.76. The smallest absolute Gasteiger partial charge is 0.220 e. The van der Waals surface area contributed by atoms with Gasteiger partial charge in [0.15, 0.2) is 0 Å². The Kier molecular flexibility index (Phi) is 7.01. The number of aromatic nitrogens is 1. The van der Waals surface area contributed by atoms with Gasteiger partial charge >= 0.3 is 0 Å². The van der Waals surface area contributed by atoms with Crippen LogP contribution in [0.4, 0.5) is 0 Å². The monoisotopic (exact) mass is 279 g/mol. The fourth-order valence-electron chi connectivity index (χ4n) is 1.81. The highest BCUT2D eigenvalue weighted by Gasteiger charge is 2.12. The fourth-order valence-corrected chi connectivity index (χ4v) is 1.81. The molecule has 0 fully saturated rings. The van der Waals surface area contributed by atoms with Gasteiger partial charge in [0.25, 0.3) is 0 Å². The predicted molar refractivity (Wildman–Crippen MR) is 79.3 cm³/mol. The van der Waals surface area contributed by atoms with Crippen LogP contribution in [0.15, 0.2) is 18.3 Å². The van der Waals surface area contributed by atoms with Crippen molar-refractivity contribution in [2.24, 2.45) is 11.7 Å². The minimum atomic E-state index is 0.0154. The normalized spacial score (nSPS) is 12.2. The minimum absolute atomic E-state index is 0.0154. The summed E-state index contributed by atoms with van der Waals surface area (Å²) in [5.74, 6) is 0.839. The number of carbonyl (C=O) groups excluding carboxylic acids is 1. The van der Waals surface area contributed by atoms with Crippen LogP contribution in [0.5, 0.6) is 5.88 Å². The molecule has 1 unspecified atom stereocenters. The van der Waals surface area contributed by atoms with Crippen molar-refractivity contribution in [1.29, 1.82) is 0 Å². The van der Waals surface area contributed by atoms with Gasteiger partial charge in [0.05, 0.1) is 6.10 Å². The van der Waals surface area contributed by atoms with Crippen molar-refractivity contribution >= 4 is 5.91 Å². The van der Waals surface area contributed by atoms with Gasteiger partial charge in [0.2, 0.25) is 11.8 Å². The lowest BCUT2D eigenvalue weighted by atomic mass is 10.0. The second-order valence-corrected chi connectivity index (χ2v) is 5.13. The summed E-state index contributed by atoms with van der Waals surface area (Å²) in [6.45, 7) is 6.91. The number of nitrogens with one attached hydrogen (secondary N) is 1. The van der Waals surface area contributed by atoms with Crippen molar-refractivity contribution < 1.29 is 9.53 Å². The molecule has 5 heteroatoms. The third kappa shape index (κ3) is 5.57. The van der Waals surface area contributed by atoms with Crippen LogP contribution in [0, 0.1) is 5.92 Å². The lowest BCUT2D eigenvalue weighted by molar-refractivity contribution is -0.122. The Morgan fingerprint density at radius 3 is 2.85 bits per heavy atom. The fraction of sp³-hybridized carbons (Fsp3) is 0.600. The molecular formula is C15H25N3O2. The number of nitrogens with two attached hydrogens (primary N) is 1. The molecule has 0 saturated heterocycles. The second kappa shape index (κ2) is 8.53. The first kappa shape index (κ1) is 16.4. The number of carbonyl (C=O) groups is 1. The molecule has 1 amide bonds. The van der Waals surface area contributed by atoms with Gasteiger partial charge in [-0.3, -0.25) is 4.79 Å². The number of amides is 1. The largest absolute Gasteiger partial charge is 0.475 e. The summed E-state index contributed by atoms with van der Waals surface area (Å²) < 4.78 is 5.62. The average molecular weight is 279 g/mol. The maximum absolute atomic E-state index is 11.9. The van der Waals surface area contributed by atoms with Crippen molar-refractivity contribution in [3.8, 4) is 5.88 Å². The predicted octanol–water partition coefficient (Wildman–Crippen LogP) is 1.86. The molecule has 1 rings (SSSR count). The zero-order valence-electron chi connectivity index (χ0n) is 12.6. The summed E-state index contributed by atoms with van der Waals surface area (Å²) in [7, 11) is 0. The molecule has 1 aromatic heterocycles. The van der Waals surface area contributed by atoms with Crippen LogP contribution in [0.2, 0.25) is 0 Å². The lowest BCUT2D eigenvalue weighted by Crippen LogP contribution is -2.28. The Balaban J connectivity index is 2.54. The van der Waals surface area contributed by atoms with Crippen molar-refractivity contribution in [2.75, 3.05) is 6.54 Å². The van der Waals surface area contributed by atoms with Crippen molar-refractivity contribution in [1.82, 2.24) is 10.3 Å². The molecule has 1 aromatic rings. The van der Waals surface area contributed by atoms with Crippen molar-refractivity contribution in [2.45, 2.75) is 46.3 Å². The molecular weight excluding hydrogens is 254 g/mol. The van der Waals surface area contributed by atoms with E-state index in [1.54, 1.807) is 6.20 Å². The van der Waals surface area contributed by atoms with Crippen molar-refractivity contribution in [3.05, 3.63) is 23.9 Å².